The Morgan fingerprint density at radius 2 is 1.69 bits per heavy atom. The van der Waals surface area contributed by atoms with Gasteiger partial charge < -0.3 is 20.3 Å². The largest absolute Gasteiger partial charge is 0.586 e. The Bertz CT molecular complexity index is 1430. The molecule has 1 aliphatic heterocycles. The maximum atomic E-state index is 14.4. The molecule has 1 aromatic heterocycles. The van der Waals surface area contributed by atoms with E-state index >= 15 is 0 Å². The first kappa shape index (κ1) is 28.4. The second-order valence-corrected chi connectivity index (χ2v) is 9.92. The third kappa shape index (κ3) is 5.71. The van der Waals surface area contributed by atoms with Crippen LogP contribution in [0.2, 0.25) is 0 Å². The molecule has 39 heavy (non-hydrogen) atoms. The summed E-state index contributed by atoms with van der Waals surface area (Å²) in [6, 6.07) is 9.39. The van der Waals surface area contributed by atoms with Gasteiger partial charge in [0.15, 0.2) is 17.3 Å². The van der Waals surface area contributed by atoms with Gasteiger partial charge in [0, 0.05) is 23.1 Å². The Labute approximate surface area is 219 Å². The highest BCUT2D eigenvalue weighted by Crippen LogP contribution is 2.44. The molecule has 0 amide bonds. The fourth-order valence-corrected chi connectivity index (χ4v) is 4.04. The van der Waals surface area contributed by atoms with Gasteiger partial charge in [0.05, 0.1) is 11.4 Å². The smallest absolute Gasteiger partial charge is 0.395 e. The second kappa shape index (κ2) is 9.53. The summed E-state index contributed by atoms with van der Waals surface area (Å²) in [5.41, 5.74) is 1.13. The van der Waals surface area contributed by atoms with Gasteiger partial charge in [0.1, 0.15) is 5.82 Å². The standard InChI is InChI=1S/C27H24F6N2O4/c1-14-10-15(4-6-18(14)28)19-12-17(24(2,3)34)13-23(35-19)25(37,26(29,30)31)9-8-20(36)16-5-7-21-22(11-16)39-27(32,33)38-21/h4-7,10-13,37H,8-9,34H2,1-3H3. The van der Waals surface area contributed by atoms with Crippen molar-refractivity contribution in [2.45, 2.75) is 57.2 Å². The number of carbonyl (C=O) groups excluding carboxylic acids is 1. The van der Waals surface area contributed by atoms with Gasteiger partial charge in [-0.15, -0.1) is 8.78 Å². The monoisotopic (exact) mass is 554 g/mol. The van der Waals surface area contributed by atoms with Crippen LogP contribution in [0.25, 0.3) is 11.3 Å². The number of hydrogen-bond donors (Lipinski definition) is 2. The van der Waals surface area contributed by atoms with Gasteiger partial charge in [-0.25, -0.2) is 9.37 Å². The summed E-state index contributed by atoms with van der Waals surface area (Å²) in [7, 11) is 0. The number of ketones is 1. The highest BCUT2D eigenvalue weighted by Gasteiger charge is 2.56. The number of halogens is 6. The minimum absolute atomic E-state index is 0.00910. The number of nitrogens with two attached hydrogens (primary N) is 1. The number of nitrogens with zero attached hydrogens (tertiary/aromatic N) is 1. The molecule has 3 N–H and O–H groups in total. The molecule has 3 aromatic rings. The van der Waals surface area contributed by atoms with Crippen molar-refractivity contribution in [2.75, 3.05) is 0 Å². The number of pyridine rings is 1. The van der Waals surface area contributed by atoms with E-state index in [4.69, 9.17) is 5.73 Å². The van der Waals surface area contributed by atoms with Gasteiger partial charge in [-0.05, 0) is 86.8 Å². The highest BCUT2D eigenvalue weighted by atomic mass is 19.4. The topological polar surface area (TPSA) is 94.7 Å². The van der Waals surface area contributed by atoms with E-state index in [9.17, 15) is 36.2 Å². The van der Waals surface area contributed by atoms with E-state index in [2.05, 4.69) is 14.5 Å². The molecule has 6 nitrogen and oxygen atoms in total. The zero-order valence-corrected chi connectivity index (χ0v) is 21.0. The van der Waals surface area contributed by atoms with E-state index in [1.165, 1.54) is 25.1 Å². The zero-order valence-electron chi connectivity index (χ0n) is 21.0. The van der Waals surface area contributed by atoms with Crippen LogP contribution in [0.15, 0.2) is 48.5 Å². The summed E-state index contributed by atoms with van der Waals surface area (Å²) >= 11 is 0. The molecule has 0 radical (unpaired) electrons. The Morgan fingerprint density at radius 1 is 1.03 bits per heavy atom. The molecule has 1 atom stereocenters. The van der Waals surface area contributed by atoms with E-state index in [0.29, 0.717) is 5.56 Å². The Morgan fingerprint density at radius 3 is 2.31 bits per heavy atom. The minimum atomic E-state index is -5.27. The van der Waals surface area contributed by atoms with Gasteiger partial charge in [0.25, 0.3) is 0 Å². The quantitative estimate of drug-likeness (QED) is 0.270. The number of ether oxygens (including phenoxy) is 2. The number of hydrogen-bond acceptors (Lipinski definition) is 6. The lowest BCUT2D eigenvalue weighted by Gasteiger charge is -2.32. The molecular formula is C27H24F6N2O4. The van der Waals surface area contributed by atoms with Crippen molar-refractivity contribution < 1.29 is 45.7 Å². The van der Waals surface area contributed by atoms with Crippen LogP contribution in [0.4, 0.5) is 26.3 Å². The van der Waals surface area contributed by atoms with Crippen LogP contribution in [-0.4, -0.2) is 28.3 Å². The van der Waals surface area contributed by atoms with Crippen molar-refractivity contribution in [2.24, 2.45) is 5.73 Å². The number of aromatic nitrogens is 1. The van der Waals surface area contributed by atoms with Crippen LogP contribution < -0.4 is 15.2 Å². The van der Waals surface area contributed by atoms with Gasteiger partial charge >= 0.3 is 12.5 Å². The summed E-state index contributed by atoms with van der Waals surface area (Å²) < 4.78 is 92.1. The van der Waals surface area contributed by atoms with Crippen molar-refractivity contribution >= 4 is 5.78 Å². The van der Waals surface area contributed by atoms with Gasteiger partial charge in [0.2, 0.25) is 5.60 Å². The number of fused-ring (bicyclic) bond motifs is 1. The Hall–Kier alpha value is -3.64. The lowest BCUT2D eigenvalue weighted by atomic mass is 9.86. The molecule has 12 heteroatoms. The van der Waals surface area contributed by atoms with E-state index in [-0.39, 0.29) is 28.1 Å². The normalized spacial score (nSPS) is 16.2. The number of aryl methyl sites for hydroxylation is 1. The zero-order chi connectivity index (χ0) is 29.0. The fourth-order valence-electron chi connectivity index (χ4n) is 4.04. The molecule has 4 rings (SSSR count). The van der Waals surface area contributed by atoms with Crippen LogP contribution in [0, 0.1) is 12.7 Å². The molecule has 0 fully saturated rings. The number of benzene rings is 2. The van der Waals surface area contributed by atoms with Crippen molar-refractivity contribution in [3.8, 4) is 22.8 Å². The molecule has 2 heterocycles. The summed E-state index contributed by atoms with van der Waals surface area (Å²) in [4.78, 5) is 16.8. The first-order chi connectivity index (χ1) is 17.9. The summed E-state index contributed by atoms with van der Waals surface area (Å²) in [5, 5.41) is 11.0. The number of carbonyl (C=O) groups is 1. The third-order valence-electron chi connectivity index (χ3n) is 6.35. The van der Waals surface area contributed by atoms with Crippen molar-refractivity contribution in [3.63, 3.8) is 0 Å². The van der Waals surface area contributed by atoms with E-state index < -0.39 is 59.5 Å². The molecule has 1 aliphatic rings. The Balaban J connectivity index is 1.71. The first-order valence-electron chi connectivity index (χ1n) is 11.7. The van der Waals surface area contributed by atoms with Crippen molar-refractivity contribution in [1.82, 2.24) is 4.98 Å². The van der Waals surface area contributed by atoms with Crippen LogP contribution >= 0.6 is 0 Å². The maximum absolute atomic E-state index is 14.4. The summed E-state index contributed by atoms with van der Waals surface area (Å²) in [6.45, 7) is 4.57. The predicted octanol–water partition coefficient (Wildman–Crippen LogP) is 6.12. The van der Waals surface area contributed by atoms with Crippen LogP contribution in [0.1, 0.15) is 53.9 Å². The molecule has 0 saturated carbocycles. The van der Waals surface area contributed by atoms with Gasteiger partial charge in [-0.2, -0.15) is 13.2 Å². The molecule has 2 aromatic carbocycles. The SMILES string of the molecule is Cc1cc(-c2cc(C(C)(C)N)cc(C(O)(CCC(=O)c3ccc4c(c3)OC(F)(F)O4)C(F)(F)F)n2)ccc1F. The van der Waals surface area contributed by atoms with E-state index in [1.54, 1.807) is 13.8 Å². The maximum Gasteiger partial charge on any atom is 0.586 e. The fraction of sp³-hybridized carbons (Fsp3) is 0.333. The predicted molar refractivity (Wildman–Crippen MR) is 128 cm³/mol. The number of aliphatic hydroxyl groups is 1. The lowest BCUT2D eigenvalue weighted by Crippen LogP contribution is -2.44. The number of rotatable bonds is 7. The molecule has 0 aliphatic carbocycles. The van der Waals surface area contributed by atoms with Crippen molar-refractivity contribution in [1.29, 1.82) is 0 Å². The van der Waals surface area contributed by atoms with E-state index in [0.717, 1.165) is 30.3 Å². The molecule has 0 spiro atoms. The molecule has 0 bridgehead atoms. The van der Waals surface area contributed by atoms with Crippen molar-refractivity contribution in [3.05, 3.63) is 76.7 Å². The van der Waals surface area contributed by atoms with Crippen LogP contribution in [0.5, 0.6) is 11.5 Å². The van der Waals surface area contributed by atoms with E-state index in [1.807, 2.05) is 0 Å². The minimum Gasteiger partial charge on any atom is -0.395 e. The van der Waals surface area contributed by atoms with Gasteiger partial charge in [-0.3, -0.25) is 4.79 Å². The average molecular weight is 554 g/mol. The van der Waals surface area contributed by atoms with Gasteiger partial charge in [-0.1, -0.05) is 0 Å². The van der Waals surface area contributed by atoms with Crippen LogP contribution in [-0.2, 0) is 11.1 Å². The average Bonchev–Trinajstić information content (AvgIpc) is 3.15. The number of alkyl halides is 5. The molecule has 0 saturated heterocycles. The molecular weight excluding hydrogens is 530 g/mol. The third-order valence-corrected chi connectivity index (χ3v) is 6.35. The lowest BCUT2D eigenvalue weighted by molar-refractivity contribution is -0.286. The summed E-state index contributed by atoms with van der Waals surface area (Å²) in [6.07, 6.45) is -11.2. The summed E-state index contributed by atoms with van der Waals surface area (Å²) in [5.74, 6) is -2.18. The van der Waals surface area contributed by atoms with Crippen LogP contribution in [0.3, 0.4) is 0 Å². The second-order valence-electron chi connectivity index (χ2n) is 9.92. The molecule has 1 unspecified atom stereocenters. The first-order valence-corrected chi connectivity index (χ1v) is 11.7. The molecule has 208 valence electrons. The Kier molecular flexibility index (Phi) is 6.93. The highest BCUT2D eigenvalue weighted by molar-refractivity contribution is 5.96. The number of Topliss-reactive ketones (excluding diaryl/α,β-unsaturated/α-hetero) is 1.